The maximum Gasteiger partial charge on any atom is 0.0195 e. The molecule has 2 aliphatic rings. The SMILES string of the molecule is C1CNC(CN2CCCC2)C1.CC.CCC. The molecular weight excluding hydrogens is 196 g/mol. The fourth-order valence-corrected chi connectivity index (χ4v) is 2.19. The first-order valence-electron chi connectivity index (χ1n) is 7.32. The topological polar surface area (TPSA) is 15.3 Å². The highest BCUT2D eigenvalue weighted by Gasteiger charge is 2.19. The molecule has 0 radical (unpaired) electrons. The average Bonchev–Trinajstić information content (AvgIpc) is 2.96. The number of nitrogens with zero attached hydrogens (tertiary/aromatic N) is 1. The summed E-state index contributed by atoms with van der Waals surface area (Å²) in [5, 5.41) is 3.54. The predicted octanol–water partition coefficient (Wildman–Crippen LogP) is 3.28. The van der Waals surface area contributed by atoms with Gasteiger partial charge in [-0.05, 0) is 45.3 Å². The van der Waals surface area contributed by atoms with Crippen molar-refractivity contribution in [3.8, 4) is 0 Å². The second-order valence-corrected chi connectivity index (χ2v) is 4.51. The van der Waals surface area contributed by atoms with Gasteiger partial charge >= 0.3 is 0 Å². The smallest absolute Gasteiger partial charge is 0.0195 e. The number of rotatable bonds is 2. The third-order valence-electron chi connectivity index (χ3n) is 2.84. The fourth-order valence-electron chi connectivity index (χ4n) is 2.19. The Morgan fingerprint density at radius 1 is 1.06 bits per heavy atom. The van der Waals surface area contributed by atoms with Crippen molar-refractivity contribution in [2.24, 2.45) is 0 Å². The Morgan fingerprint density at radius 3 is 2.06 bits per heavy atom. The molecule has 0 aromatic rings. The van der Waals surface area contributed by atoms with Crippen LogP contribution < -0.4 is 5.32 Å². The molecule has 1 N–H and O–H groups in total. The van der Waals surface area contributed by atoms with Gasteiger partial charge in [0, 0.05) is 12.6 Å². The quantitative estimate of drug-likeness (QED) is 0.780. The number of hydrogen-bond acceptors (Lipinski definition) is 2. The van der Waals surface area contributed by atoms with Crippen LogP contribution in [-0.4, -0.2) is 37.1 Å². The van der Waals surface area contributed by atoms with Gasteiger partial charge in [0.1, 0.15) is 0 Å². The summed E-state index contributed by atoms with van der Waals surface area (Å²) in [6.07, 6.45) is 6.88. The van der Waals surface area contributed by atoms with Gasteiger partial charge in [-0.2, -0.15) is 0 Å². The van der Waals surface area contributed by atoms with Crippen molar-refractivity contribution in [1.29, 1.82) is 0 Å². The van der Waals surface area contributed by atoms with Crippen molar-refractivity contribution in [1.82, 2.24) is 10.2 Å². The van der Waals surface area contributed by atoms with Crippen LogP contribution in [0.15, 0.2) is 0 Å². The van der Waals surface area contributed by atoms with Gasteiger partial charge in [0.25, 0.3) is 0 Å². The van der Waals surface area contributed by atoms with E-state index in [1.54, 1.807) is 0 Å². The van der Waals surface area contributed by atoms with Crippen LogP contribution in [0.1, 0.15) is 59.8 Å². The zero-order valence-electron chi connectivity index (χ0n) is 11.9. The van der Waals surface area contributed by atoms with E-state index < -0.39 is 0 Å². The lowest BCUT2D eigenvalue weighted by molar-refractivity contribution is 0.303. The van der Waals surface area contributed by atoms with Gasteiger partial charge in [-0.15, -0.1) is 0 Å². The molecule has 0 amide bonds. The van der Waals surface area contributed by atoms with Gasteiger partial charge in [-0.25, -0.2) is 0 Å². The number of hydrogen-bond donors (Lipinski definition) is 1. The van der Waals surface area contributed by atoms with E-state index in [2.05, 4.69) is 24.1 Å². The van der Waals surface area contributed by atoms with E-state index in [0.717, 1.165) is 6.04 Å². The van der Waals surface area contributed by atoms with Crippen LogP contribution in [-0.2, 0) is 0 Å². The van der Waals surface area contributed by atoms with Crippen molar-refractivity contribution in [3.63, 3.8) is 0 Å². The molecule has 2 aliphatic heterocycles. The molecule has 98 valence electrons. The maximum absolute atomic E-state index is 3.54. The third kappa shape index (κ3) is 7.24. The van der Waals surface area contributed by atoms with Crippen molar-refractivity contribution in [2.75, 3.05) is 26.2 Å². The summed E-state index contributed by atoms with van der Waals surface area (Å²) in [6.45, 7) is 13.5. The first kappa shape index (κ1) is 15.9. The Balaban J connectivity index is 0.000000394. The van der Waals surface area contributed by atoms with E-state index in [1.807, 2.05) is 13.8 Å². The van der Waals surface area contributed by atoms with Crippen LogP contribution in [0.2, 0.25) is 0 Å². The first-order valence-corrected chi connectivity index (χ1v) is 7.32. The lowest BCUT2D eigenvalue weighted by Gasteiger charge is -2.19. The van der Waals surface area contributed by atoms with E-state index in [-0.39, 0.29) is 0 Å². The van der Waals surface area contributed by atoms with E-state index in [0.29, 0.717) is 0 Å². The van der Waals surface area contributed by atoms with Gasteiger partial charge in [-0.1, -0.05) is 34.1 Å². The molecule has 0 aromatic heterocycles. The van der Waals surface area contributed by atoms with E-state index in [4.69, 9.17) is 0 Å². The van der Waals surface area contributed by atoms with Gasteiger partial charge in [-0.3, -0.25) is 0 Å². The molecule has 1 unspecified atom stereocenters. The van der Waals surface area contributed by atoms with Gasteiger partial charge < -0.3 is 10.2 Å². The van der Waals surface area contributed by atoms with Crippen LogP contribution in [0.5, 0.6) is 0 Å². The second-order valence-electron chi connectivity index (χ2n) is 4.51. The van der Waals surface area contributed by atoms with Crippen LogP contribution in [0, 0.1) is 0 Å². The van der Waals surface area contributed by atoms with Crippen molar-refractivity contribution in [3.05, 3.63) is 0 Å². The number of nitrogens with one attached hydrogen (secondary N) is 1. The van der Waals surface area contributed by atoms with Crippen molar-refractivity contribution >= 4 is 0 Å². The van der Waals surface area contributed by atoms with Crippen LogP contribution >= 0.6 is 0 Å². The highest BCUT2D eigenvalue weighted by molar-refractivity contribution is 4.79. The zero-order valence-corrected chi connectivity index (χ0v) is 11.9. The van der Waals surface area contributed by atoms with Crippen LogP contribution in [0.4, 0.5) is 0 Å². The molecule has 0 bridgehead atoms. The Hall–Kier alpha value is -0.0800. The largest absolute Gasteiger partial charge is 0.313 e. The molecule has 0 aromatic carbocycles. The summed E-state index contributed by atoms with van der Waals surface area (Å²) in [5.74, 6) is 0. The summed E-state index contributed by atoms with van der Waals surface area (Å²) in [6, 6.07) is 0.813. The van der Waals surface area contributed by atoms with Gasteiger partial charge in [0.2, 0.25) is 0 Å². The molecule has 16 heavy (non-hydrogen) atoms. The molecule has 2 nitrogen and oxygen atoms in total. The lowest BCUT2D eigenvalue weighted by atomic mass is 10.2. The Bertz CT molecular complexity index is 111. The van der Waals surface area contributed by atoms with Gasteiger partial charge in [0.15, 0.2) is 0 Å². The second kappa shape index (κ2) is 11.4. The monoisotopic (exact) mass is 228 g/mol. The van der Waals surface area contributed by atoms with Crippen molar-refractivity contribution in [2.45, 2.75) is 65.8 Å². The molecular formula is C14H32N2. The van der Waals surface area contributed by atoms with Gasteiger partial charge in [0.05, 0.1) is 0 Å². The number of likely N-dealkylation sites (tertiary alicyclic amines) is 1. The Kier molecular flexibility index (Phi) is 11.3. The maximum atomic E-state index is 3.54. The third-order valence-corrected chi connectivity index (χ3v) is 2.84. The Morgan fingerprint density at radius 2 is 1.62 bits per heavy atom. The highest BCUT2D eigenvalue weighted by atomic mass is 15.2. The summed E-state index contributed by atoms with van der Waals surface area (Å²) >= 11 is 0. The minimum absolute atomic E-state index is 0.813. The zero-order chi connectivity index (χ0) is 12.2. The van der Waals surface area contributed by atoms with Crippen molar-refractivity contribution < 1.29 is 0 Å². The molecule has 0 saturated carbocycles. The standard InChI is InChI=1S/C9H18N2.C3H8.C2H6/c1-2-7-11(6-1)8-9-4-3-5-10-9;1-3-2;1-2/h9-10H,1-8H2;3H2,1-2H3;1-2H3. The summed E-state index contributed by atoms with van der Waals surface area (Å²) < 4.78 is 0. The van der Waals surface area contributed by atoms with E-state index >= 15 is 0 Å². The van der Waals surface area contributed by atoms with E-state index in [9.17, 15) is 0 Å². The van der Waals surface area contributed by atoms with Crippen LogP contribution in [0.3, 0.4) is 0 Å². The lowest BCUT2D eigenvalue weighted by Crippen LogP contribution is -2.35. The summed E-state index contributed by atoms with van der Waals surface area (Å²) in [4.78, 5) is 2.60. The molecule has 2 heteroatoms. The minimum Gasteiger partial charge on any atom is -0.313 e. The minimum atomic E-state index is 0.813. The molecule has 2 fully saturated rings. The summed E-state index contributed by atoms with van der Waals surface area (Å²) in [7, 11) is 0. The molecule has 0 aliphatic carbocycles. The molecule has 1 atom stereocenters. The molecule has 2 heterocycles. The normalized spacial score (nSPS) is 24.4. The molecule has 2 saturated heterocycles. The summed E-state index contributed by atoms with van der Waals surface area (Å²) in [5.41, 5.74) is 0. The first-order chi connectivity index (χ1) is 7.86. The van der Waals surface area contributed by atoms with Crippen LogP contribution in [0.25, 0.3) is 0 Å². The molecule has 2 rings (SSSR count). The predicted molar refractivity (Wildman–Crippen MR) is 74.0 cm³/mol. The Labute approximate surface area is 103 Å². The fraction of sp³-hybridized carbons (Fsp3) is 1.00. The molecule has 0 spiro atoms. The highest BCUT2D eigenvalue weighted by Crippen LogP contribution is 2.11. The average molecular weight is 228 g/mol. The van der Waals surface area contributed by atoms with E-state index in [1.165, 1.54) is 58.3 Å².